The van der Waals surface area contributed by atoms with E-state index in [2.05, 4.69) is 44.9 Å². The summed E-state index contributed by atoms with van der Waals surface area (Å²) in [6.07, 6.45) is 11.2. The molecule has 1 aromatic heterocycles. The lowest BCUT2D eigenvalue weighted by molar-refractivity contribution is 0.251. The molecule has 6 heteroatoms. The lowest BCUT2D eigenvalue weighted by Crippen LogP contribution is -2.41. The zero-order valence-corrected chi connectivity index (χ0v) is 17.6. The maximum atomic E-state index is 6.03. The van der Waals surface area contributed by atoms with Crippen molar-refractivity contribution in [2.45, 2.75) is 32.1 Å². The molecule has 6 nitrogen and oxygen atoms in total. The van der Waals surface area contributed by atoms with Gasteiger partial charge in [-0.15, -0.1) is 0 Å². The number of nitrogens with one attached hydrogen (secondary N) is 2. The molecule has 158 valence electrons. The second kappa shape index (κ2) is 10.4. The van der Waals surface area contributed by atoms with Gasteiger partial charge in [0.1, 0.15) is 5.75 Å². The Morgan fingerprint density at radius 3 is 2.83 bits per heavy atom. The third-order valence-electron chi connectivity index (χ3n) is 5.73. The molecule has 0 radical (unpaired) electrons. The van der Waals surface area contributed by atoms with E-state index in [4.69, 9.17) is 9.73 Å². The predicted molar refractivity (Wildman–Crippen MR) is 120 cm³/mol. The molecule has 0 aliphatic carbocycles. The van der Waals surface area contributed by atoms with Crippen LogP contribution in [0.3, 0.4) is 0 Å². The number of hydrogen-bond acceptors (Lipinski definition) is 6. The number of hydrogen-bond donors (Lipinski definition) is 2. The number of piperidine rings is 1. The predicted octanol–water partition coefficient (Wildman–Crippen LogP) is 3.17. The van der Waals surface area contributed by atoms with Crippen LogP contribution in [0.1, 0.15) is 30.4 Å². The lowest BCUT2D eigenvalue weighted by atomic mass is 9.95. The van der Waals surface area contributed by atoms with Crippen molar-refractivity contribution >= 4 is 5.71 Å². The van der Waals surface area contributed by atoms with Gasteiger partial charge in [-0.2, -0.15) is 0 Å². The van der Waals surface area contributed by atoms with Gasteiger partial charge in [-0.05, 0) is 74.2 Å². The number of rotatable bonds is 8. The second-order valence-electron chi connectivity index (χ2n) is 7.96. The van der Waals surface area contributed by atoms with Gasteiger partial charge >= 0.3 is 0 Å². The Bertz CT molecular complexity index is 861. The maximum Gasteiger partial charge on any atom is 0.176 e. The average Bonchev–Trinajstić information content (AvgIpc) is 2.80. The molecule has 4 rings (SSSR count). The molecule has 1 fully saturated rings. The molecule has 3 heterocycles. The van der Waals surface area contributed by atoms with Gasteiger partial charge in [-0.1, -0.05) is 12.1 Å². The van der Waals surface area contributed by atoms with Crippen molar-refractivity contribution in [3.63, 3.8) is 0 Å². The molecule has 2 N–H and O–H groups in total. The van der Waals surface area contributed by atoms with Gasteiger partial charge in [0.2, 0.25) is 0 Å². The number of aliphatic imine (C=N–C) groups is 1. The van der Waals surface area contributed by atoms with Crippen molar-refractivity contribution in [2.24, 2.45) is 10.9 Å². The van der Waals surface area contributed by atoms with E-state index >= 15 is 0 Å². The summed E-state index contributed by atoms with van der Waals surface area (Å²) in [5.74, 6) is 1.74. The molecule has 2 aliphatic heterocycles. The zero-order valence-electron chi connectivity index (χ0n) is 17.6. The highest BCUT2D eigenvalue weighted by Crippen LogP contribution is 2.19. The number of nitrogens with zero attached hydrogens (tertiary/aromatic N) is 3. The molecule has 1 atom stereocenters. The van der Waals surface area contributed by atoms with Crippen molar-refractivity contribution in [2.75, 3.05) is 26.7 Å². The fourth-order valence-electron chi connectivity index (χ4n) is 3.89. The number of allylic oxidation sites excluding steroid dienone is 1. The Morgan fingerprint density at radius 2 is 2.00 bits per heavy atom. The van der Waals surface area contributed by atoms with Crippen molar-refractivity contribution in [3.05, 3.63) is 72.2 Å². The second-order valence-corrected chi connectivity index (χ2v) is 7.96. The minimum Gasteiger partial charge on any atom is -0.494 e. The molecule has 1 unspecified atom stereocenters. The topological polar surface area (TPSA) is 61.8 Å². The van der Waals surface area contributed by atoms with Gasteiger partial charge in [0.05, 0.1) is 12.3 Å². The smallest absolute Gasteiger partial charge is 0.176 e. The largest absolute Gasteiger partial charge is 0.494 e. The maximum absolute atomic E-state index is 6.03. The molecule has 30 heavy (non-hydrogen) atoms. The third kappa shape index (κ3) is 5.68. The summed E-state index contributed by atoms with van der Waals surface area (Å²) in [6.45, 7) is 3.79. The van der Waals surface area contributed by atoms with Crippen LogP contribution in [0.15, 0.2) is 66.1 Å². The van der Waals surface area contributed by atoms with Crippen LogP contribution < -0.4 is 15.4 Å². The van der Waals surface area contributed by atoms with Crippen LogP contribution in [0.5, 0.6) is 5.75 Å². The first-order valence-electron chi connectivity index (χ1n) is 10.8. The first-order chi connectivity index (χ1) is 14.8. The van der Waals surface area contributed by atoms with Gasteiger partial charge in [0.15, 0.2) is 6.29 Å². The molecule has 1 aromatic carbocycles. The molecule has 1 saturated heterocycles. The molecule has 0 amide bonds. The molecule has 0 bridgehead atoms. The van der Waals surface area contributed by atoms with E-state index in [1.54, 1.807) is 12.4 Å². The summed E-state index contributed by atoms with van der Waals surface area (Å²) >= 11 is 0. The van der Waals surface area contributed by atoms with Crippen LogP contribution >= 0.6 is 0 Å². The highest BCUT2D eigenvalue weighted by atomic mass is 16.5. The quantitative estimate of drug-likeness (QED) is 0.706. The SMILES string of the molecule is CN1C=CC(c2ccncc2)=NC1NCc1cccc(OCCC2CCNCC2)c1. The van der Waals surface area contributed by atoms with Crippen LogP contribution in [-0.2, 0) is 6.54 Å². The van der Waals surface area contributed by atoms with Gasteiger partial charge in [0.25, 0.3) is 0 Å². The molecule has 2 aliphatic rings. The van der Waals surface area contributed by atoms with Crippen LogP contribution in [0, 0.1) is 5.92 Å². The summed E-state index contributed by atoms with van der Waals surface area (Å²) in [4.78, 5) is 11.0. The fraction of sp³-hybridized carbons (Fsp3) is 0.417. The van der Waals surface area contributed by atoms with Crippen LogP contribution in [0.2, 0.25) is 0 Å². The summed E-state index contributed by atoms with van der Waals surface area (Å²) in [5, 5.41) is 6.95. The fourth-order valence-corrected chi connectivity index (χ4v) is 3.89. The van der Waals surface area contributed by atoms with Crippen LogP contribution in [-0.4, -0.2) is 48.6 Å². The van der Waals surface area contributed by atoms with E-state index in [1.807, 2.05) is 31.3 Å². The number of pyridine rings is 1. The Hall–Kier alpha value is -2.70. The number of ether oxygens (including phenoxy) is 1. The normalized spacial score (nSPS) is 19.6. The van der Waals surface area contributed by atoms with Gasteiger partial charge in [-0.3, -0.25) is 10.3 Å². The van der Waals surface area contributed by atoms with E-state index in [-0.39, 0.29) is 6.29 Å². The van der Waals surface area contributed by atoms with E-state index in [9.17, 15) is 0 Å². The summed E-state index contributed by atoms with van der Waals surface area (Å²) in [7, 11) is 2.03. The van der Waals surface area contributed by atoms with Crippen molar-refractivity contribution < 1.29 is 4.74 Å². The Morgan fingerprint density at radius 1 is 1.17 bits per heavy atom. The number of benzene rings is 1. The van der Waals surface area contributed by atoms with Crippen molar-refractivity contribution in [3.8, 4) is 5.75 Å². The highest BCUT2D eigenvalue weighted by Gasteiger charge is 2.16. The van der Waals surface area contributed by atoms with E-state index in [0.717, 1.165) is 55.6 Å². The van der Waals surface area contributed by atoms with Crippen LogP contribution in [0.4, 0.5) is 0 Å². The standard InChI is InChI=1S/C24H31N5O/c1-29-15-9-23(21-7-13-26-14-8-21)28-24(29)27-18-20-3-2-4-22(17-20)30-16-10-19-5-11-25-12-6-19/h2-4,7-9,13-15,17,19,24-25,27H,5-6,10-12,16,18H2,1H3. The minimum absolute atomic E-state index is 0.109. The van der Waals surface area contributed by atoms with E-state index in [1.165, 1.54) is 18.4 Å². The van der Waals surface area contributed by atoms with Crippen molar-refractivity contribution in [1.82, 2.24) is 20.5 Å². The average molecular weight is 406 g/mol. The lowest BCUT2D eigenvalue weighted by Gasteiger charge is -2.28. The van der Waals surface area contributed by atoms with Gasteiger partial charge in [0, 0.05) is 37.7 Å². The zero-order chi connectivity index (χ0) is 20.6. The monoisotopic (exact) mass is 405 g/mol. The summed E-state index contributed by atoms with van der Waals surface area (Å²) in [6, 6.07) is 12.3. The first kappa shape index (κ1) is 20.6. The first-order valence-corrected chi connectivity index (χ1v) is 10.8. The van der Waals surface area contributed by atoms with Gasteiger partial charge < -0.3 is 15.0 Å². The third-order valence-corrected chi connectivity index (χ3v) is 5.73. The molecule has 0 spiro atoms. The Balaban J connectivity index is 1.30. The molecular formula is C24H31N5O. The summed E-state index contributed by atoms with van der Waals surface area (Å²) in [5.41, 5.74) is 3.23. The molecule has 0 saturated carbocycles. The van der Waals surface area contributed by atoms with Gasteiger partial charge in [-0.25, -0.2) is 4.99 Å². The van der Waals surface area contributed by atoms with E-state index in [0.29, 0.717) is 0 Å². The molecular weight excluding hydrogens is 374 g/mol. The molecule has 2 aromatic rings. The Kier molecular flexibility index (Phi) is 7.11. The minimum atomic E-state index is -0.109. The highest BCUT2D eigenvalue weighted by molar-refractivity contribution is 6.08. The number of aromatic nitrogens is 1. The van der Waals surface area contributed by atoms with Crippen molar-refractivity contribution in [1.29, 1.82) is 0 Å². The van der Waals surface area contributed by atoms with Crippen LogP contribution in [0.25, 0.3) is 0 Å². The summed E-state index contributed by atoms with van der Waals surface area (Å²) < 4.78 is 6.03. The van der Waals surface area contributed by atoms with E-state index < -0.39 is 0 Å². The Labute approximate surface area is 179 Å².